The van der Waals surface area contributed by atoms with Crippen LogP contribution in [0.1, 0.15) is 10.4 Å². The van der Waals surface area contributed by atoms with Crippen LogP contribution in [-0.4, -0.2) is 33.1 Å². The molecular formula is C25H18N4O4. The van der Waals surface area contributed by atoms with Crippen LogP contribution in [0.15, 0.2) is 83.7 Å². The summed E-state index contributed by atoms with van der Waals surface area (Å²) in [5, 5.41) is 8.93. The summed E-state index contributed by atoms with van der Waals surface area (Å²) in [6, 6.07) is 23.3. The number of rotatable bonds is 5. The number of benzene rings is 3. The van der Waals surface area contributed by atoms with E-state index in [4.69, 9.17) is 9.47 Å². The lowest BCUT2D eigenvalue weighted by Gasteiger charge is -2.11. The second-order valence-corrected chi connectivity index (χ2v) is 7.27. The van der Waals surface area contributed by atoms with Crippen LogP contribution in [-0.2, 0) is 11.5 Å². The van der Waals surface area contributed by atoms with E-state index in [-0.39, 0.29) is 12.3 Å². The van der Waals surface area contributed by atoms with E-state index in [9.17, 15) is 9.59 Å². The molecule has 8 heteroatoms. The van der Waals surface area contributed by atoms with Crippen molar-refractivity contribution in [2.75, 3.05) is 7.11 Å². The van der Waals surface area contributed by atoms with Gasteiger partial charge in [0.05, 0.1) is 29.3 Å². The summed E-state index contributed by atoms with van der Waals surface area (Å²) in [6.07, 6.45) is 0. The molecule has 0 fully saturated rings. The molecule has 8 nitrogen and oxygen atoms in total. The number of para-hydroxylation sites is 1. The van der Waals surface area contributed by atoms with Gasteiger partial charge in [0.15, 0.2) is 6.73 Å². The molecule has 0 aliphatic carbocycles. The summed E-state index contributed by atoms with van der Waals surface area (Å²) < 4.78 is 11.7. The van der Waals surface area contributed by atoms with E-state index < -0.39 is 5.97 Å². The van der Waals surface area contributed by atoms with Gasteiger partial charge in [-0.1, -0.05) is 35.5 Å². The van der Waals surface area contributed by atoms with Gasteiger partial charge in [0.2, 0.25) is 0 Å². The third-order valence-electron chi connectivity index (χ3n) is 5.27. The first-order valence-corrected chi connectivity index (χ1v) is 10.2. The molecule has 2 heterocycles. The third-order valence-corrected chi connectivity index (χ3v) is 5.27. The molecule has 0 saturated heterocycles. The average Bonchev–Trinajstić information content (AvgIpc) is 2.87. The molecular weight excluding hydrogens is 420 g/mol. The maximum atomic E-state index is 13.1. The van der Waals surface area contributed by atoms with Crippen LogP contribution in [0.2, 0.25) is 0 Å². The fraction of sp³-hybridized carbons (Fsp3) is 0.0800. The minimum Gasteiger partial charge on any atom is -0.497 e. The molecule has 2 aromatic heterocycles. The molecule has 5 rings (SSSR count). The van der Waals surface area contributed by atoms with E-state index in [2.05, 4.69) is 15.3 Å². The number of aromatic nitrogens is 4. The van der Waals surface area contributed by atoms with Gasteiger partial charge in [-0.2, -0.15) is 4.68 Å². The Morgan fingerprint density at radius 3 is 2.36 bits per heavy atom. The number of hydrogen-bond donors (Lipinski definition) is 0. The molecule has 0 amide bonds. The Hall–Kier alpha value is -4.59. The highest BCUT2D eigenvalue weighted by atomic mass is 16.5. The molecule has 0 atom stereocenters. The Bertz CT molecular complexity index is 1540. The molecule has 0 N–H and O–H groups in total. The van der Waals surface area contributed by atoms with Gasteiger partial charge in [-0.3, -0.25) is 4.79 Å². The molecule has 0 unspecified atom stereocenters. The van der Waals surface area contributed by atoms with Crippen LogP contribution in [0, 0.1) is 0 Å². The summed E-state index contributed by atoms with van der Waals surface area (Å²) in [7, 11) is 1.60. The normalized spacial score (nSPS) is 10.9. The standard InChI is InChI=1S/C25H18N4O4/c1-32-17-12-10-16(11-13-17)23-14-20(18-6-2-4-8-21(18)26-23)25(31)33-15-29-24(30)19-7-3-5-9-22(19)27-28-29/h2-14H,15H2,1H3. The highest BCUT2D eigenvalue weighted by molar-refractivity contribution is 6.04. The molecule has 0 bridgehead atoms. The van der Waals surface area contributed by atoms with Gasteiger partial charge < -0.3 is 9.47 Å². The first-order valence-electron chi connectivity index (χ1n) is 10.2. The maximum absolute atomic E-state index is 13.1. The Morgan fingerprint density at radius 2 is 1.61 bits per heavy atom. The Balaban J connectivity index is 1.49. The number of pyridine rings is 1. The van der Waals surface area contributed by atoms with Crippen LogP contribution in [0.3, 0.4) is 0 Å². The summed E-state index contributed by atoms with van der Waals surface area (Å²) in [5.74, 6) is 0.131. The molecule has 0 spiro atoms. The van der Waals surface area contributed by atoms with E-state index in [1.165, 1.54) is 0 Å². The van der Waals surface area contributed by atoms with Crippen LogP contribution >= 0.6 is 0 Å². The van der Waals surface area contributed by atoms with Crippen molar-refractivity contribution in [1.82, 2.24) is 20.0 Å². The first-order chi connectivity index (χ1) is 16.1. The number of methoxy groups -OCH3 is 1. The van der Waals surface area contributed by atoms with Gasteiger partial charge in [0, 0.05) is 10.9 Å². The zero-order chi connectivity index (χ0) is 22.8. The molecule has 0 aliphatic rings. The summed E-state index contributed by atoms with van der Waals surface area (Å²) in [4.78, 5) is 30.4. The molecule has 0 saturated carbocycles. The van der Waals surface area contributed by atoms with Crippen LogP contribution in [0.25, 0.3) is 33.1 Å². The molecule has 0 radical (unpaired) electrons. The Kier molecular flexibility index (Phi) is 5.24. The number of ether oxygens (including phenoxy) is 2. The summed E-state index contributed by atoms with van der Waals surface area (Å²) in [6.45, 7) is -0.357. The smallest absolute Gasteiger partial charge is 0.340 e. The van der Waals surface area contributed by atoms with Crippen molar-refractivity contribution < 1.29 is 14.3 Å². The summed E-state index contributed by atoms with van der Waals surface area (Å²) >= 11 is 0. The third kappa shape index (κ3) is 3.89. The lowest BCUT2D eigenvalue weighted by atomic mass is 10.0. The maximum Gasteiger partial charge on any atom is 0.340 e. The topological polar surface area (TPSA) is 96.2 Å². The zero-order valence-corrected chi connectivity index (χ0v) is 17.6. The number of carbonyl (C=O) groups is 1. The zero-order valence-electron chi connectivity index (χ0n) is 17.6. The monoisotopic (exact) mass is 438 g/mol. The van der Waals surface area contributed by atoms with E-state index in [1.807, 2.05) is 42.5 Å². The minimum absolute atomic E-state index is 0.341. The number of fused-ring (bicyclic) bond motifs is 2. The molecule has 33 heavy (non-hydrogen) atoms. The molecule has 162 valence electrons. The quantitative estimate of drug-likeness (QED) is 0.385. The molecule has 5 aromatic rings. The molecule has 0 aliphatic heterocycles. The van der Waals surface area contributed by atoms with Crippen molar-refractivity contribution in [3.8, 4) is 17.0 Å². The number of nitrogens with zero attached hydrogens (tertiary/aromatic N) is 4. The lowest BCUT2D eigenvalue weighted by Crippen LogP contribution is -2.26. The van der Waals surface area contributed by atoms with Gasteiger partial charge in [0.25, 0.3) is 5.56 Å². The van der Waals surface area contributed by atoms with Gasteiger partial charge >= 0.3 is 5.97 Å². The Morgan fingerprint density at radius 1 is 0.909 bits per heavy atom. The van der Waals surface area contributed by atoms with Gasteiger partial charge in [-0.25, -0.2) is 9.78 Å². The number of carbonyl (C=O) groups excluding carboxylic acids is 1. The van der Waals surface area contributed by atoms with E-state index in [0.29, 0.717) is 33.1 Å². The fourth-order valence-electron chi connectivity index (χ4n) is 3.56. The van der Waals surface area contributed by atoms with Gasteiger partial charge in [-0.15, -0.1) is 5.10 Å². The second-order valence-electron chi connectivity index (χ2n) is 7.27. The fourth-order valence-corrected chi connectivity index (χ4v) is 3.56. The van der Waals surface area contributed by atoms with Crippen molar-refractivity contribution in [2.45, 2.75) is 6.73 Å². The highest BCUT2D eigenvalue weighted by Crippen LogP contribution is 2.27. The first kappa shape index (κ1) is 20.3. The predicted octanol–water partition coefficient (Wildman–Crippen LogP) is 3.83. The van der Waals surface area contributed by atoms with Crippen molar-refractivity contribution in [1.29, 1.82) is 0 Å². The largest absolute Gasteiger partial charge is 0.497 e. The number of esters is 1. The van der Waals surface area contributed by atoms with Gasteiger partial charge in [0.1, 0.15) is 11.3 Å². The predicted molar refractivity (Wildman–Crippen MR) is 123 cm³/mol. The van der Waals surface area contributed by atoms with Crippen molar-refractivity contribution in [3.63, 3.8) is 0 Å². The highest BCUT2D eigenvalue weighted by Gasteiger charge is 2.16. The van der Waals surface area contributed by atoms with Crippen LogP contribution < -0.4 is 10.3 Å². The number of hydrogen-bond acceptors (Lipinski definition) is 7. The second kappa shape index (κ2) is 8.51. The summed E-state index contributed by atoms with van der Waals surface area (Å²) in [5.41, 5.74) is 2.54. The van der Waals surface area contributed by atoms with Crippen LogP contribution in [0.4, 0.5) is 0 Å². The average molecular weight is 438 g/mol. The van der Waals surface area contributed by atoms with Crippen molar-refractivity contribution in [2.24, 2.45) is 0 Å². The lowest BCUT2D eigenvalue weighted by molar-refractivity contribution is 0.0338. The minimum atomic E-state index is -0.592. The Labute approximate surface area is 188 Å². The van der Waals surface area contributed by atoms with Gasteiger partial charge in [-0.05, 0) is 48.5 Å². The SMILES string of the molecule is COc1ccc(-c2cc(C(=O)OCn3nnc4ccccc4c3=O)c3ccccc3n2)cc1. The van der Waals surface area contributed by atoms with Crippen LogP contribution in [0.5, 0.6) is 5.75 Å². The van der Waals surface area contributed by atoms with Crippen molar-refractivity contribution in [3.05, 3.63) is 94.8 Å². The van der Waals surface area contributed by atoms with E-state index >= 15 is 0 Å². The molecule has 3 aromatic carbocycles. The van der Waals surface area contributed by atoms with E-state index in [1.54, 1.807) is 43.5 Å². The van der Waals surface area contributed by atoms with E-state index in [0.717, 1.165) is 16.0 Å². The van der Waals surface area contributed by atoms with Crippen molar-refractivity contribution >= 4 is 27.8 Å².